The number of aliphatic hydroxyl groups is 1. The first-order valence-corrected chi connectivity index (χ1v) is 15.6. The summed E-state index contributed by atoms with van der Waals surface area (Å²) in [6, 6.07) is 9.28. The predicted molar refractivity (Wildman–Crippen MR) is 182 cm³/mol. The molecule has 268 valence electrons. The zero-order chi connectivity index (χ0) is 36.3. The van der Waals surface area contributed by atoms with Crippen LogP contribution in [0.3, 0.4) is 0 Å². The summed E-state index contributed by atoms with van der Waals surface area (Å²) < 4.78 is 27.3. The first kappa shape index (κ1) is 38.8. The first-order valence-electron chi connectivity index (χ1n) is 15.6. The van der Waals surface area contributed by atoms with Crippen molar-refractivity contribution in [2.24, 2.45) is 0 Å². The molecule has 2 aromatic carbocycles. The number of phenols is 2. The number of hydrogen-bond acceptors (Lipinski definition) is 13. The third-order valence-electron chi connectivity index (χ3n) is 7.01. The number of nitrogens with zero attached hydrogens (tertiary/aromatic N) is 3. The molecule has 1 amide bonds. The van der Waals surface area contributed by atoms with Gasteiger partial charge in [0.1, 0.15) is 5.76 Å². The van der Waals surface area contributed by atoms with Crippen LogP contribution in [0, 0.1) is 0 Å². The van der Waals surface area contributed by atoms with E-state index in [2.05, 4.69) is 20.4 Å². The Hall–Kier alpha value is -5.67. The van der Waals surface area contributed by atoms with Crippen LogP contribution in [0.1, 0.15) is 29.7 Å². The molecule has 0 atom stereocenters. The number of amides is 1. The van der Waals surface area contributed by atoms with Crippen LogP contribution in [0.25, 0.3) is 12.2 Å². The van der Waals surface area contributed by atoms with Crippen LogP contribution >= 0.6 is 0 Å². The van der Waals surface area contributed by atoms with Crippen LogP contribution in [-0.2, 0) is 41.6 Å². The van der Waals surface area contributed by atoms with Gasteiger partial charge in [-0.3, -0.25) is 14.4 Å². The fourth-order valence-electron chi connectivity index (χ4n) is 4.31. The van der Waals surface area contributed by atoms with Gasteiger partial charge < -0.3 is 44.3 Å². The van der Waals surface area contributed by atoms with E-state index in [-0.39, 0.29) is 66.1 Å². The lowest BCUT2D eigenvalue weighted by Crippen LogP contribution is -2.28. The molecular weight excluding hydrogens is 652 g/mol. The van der Waals surface area contributed by atoms with Crippen LogP contribution in [0.2, 0.25) is 0 Å². The van der Waals surface area contributed by atoms with E-state index in [0.717, 1.165) is 0 Å². The smallest absolute Gasteiger partial charge is 0.306 e. The number of aromatic hydroxyl groups is 2. The Bertz CT molecular complexity index is 1680. The summed E-state index contributed by atoms with van der Waals surface area (Å²) in [6.45, 7) is 1.89. The molecule has 15 nitrogen and oxygen atoms in total. The van der Waals surface area contributed by atoms with Gasteiger partial charge in [-0.15, -0.1) is 5.10 Å². The number of carbonyl (C=O) groups excluding carboxylic acids is 3. The van der Waals surface area contributed by atoms with Gasteiger partial charge >= 0.3 is 5.97 Å². The number of rotatable bonds is 21. The number of aromatic nitrogens is 3. The van der Waals surface area contributed by atoms with Crippen LogP contribution < -0.4 is 14.8 Å². The third-order valence-corrected chi connectivity index (χ3v) is 7.01. The van der Waals surface area contributed by atoms with Crippen molar-refractivity contribution in [1.82, 2.24) is 20.3 Å². The van der Waals surface area contributed by atoms with Crippen molar-refractivity contribution in [3.8, 4) is 23.0 Å². The van der Waals surface area contributed by atoms with Crippen molar-refractivity contribution in [3.05, 3.63) is 82.9 Å². The van der Waals surface area contributed by atoms with Crippen molar-refractivity contribution >= 4 is 29.8 Å². The van der Waals surface area contributed by atoms with Gasteiger partial charge in [0.25, 0.3) is 0 Å². The van der Waals surface area contributed by atoms with Gasteiger partial charge in [0.05, 0.1) is 66.4 Å². The summed E-state index contributed by atoms with van der Waals surface area (Å²) in [4.78, 5) is 36.1. The molecule has 15 heteroatoms. The lowest BCUT2D eigenvalue weighted by atomic mass is 10.0. The summed E-state index contributed by atoms with van der Waals surface area (Å²) in [7, 11) is 4.11. The molecule has 0 spiro atoms. The second-order valence-corrected chi connectivity index (χ2v) is 10.6. The zero-order valence-electron chi connectivity index (χ0n) is 28.2. The van der Waals surface area contributed by atoms with Gasteiger partial charge in [-0.2, -0.15) is 0 Å². The van der Waals surface area contributed by atoms with E-state index in [1.165, 1.54) is 51.7 Å². The number of ketones is 1. The molecule has 0 bridgehead atoms. The number of phenolic OH excluding ortho intramolecular Hbond substituents is 2. The highest BCUT2D eigenvalue weighted by Gasteiger charge is 2.16. The second kappa shape index (κ2) is 20.6. The summed E-state index contributed by atoms with van der Waals surface area (Å²) >= 11 is 0. The number of hydrogen-bond donors (Lipinski definition) is 4. The third kappa shape index (κ3) is 13.1. The Morgan fingerprint density at radius 2 is 1.46 bits per heavy atom. The summed E-state index contributed by atoms with van der Waals surface area (Å²) in [5.41, 5.74) is 1.68. The molecule has 1 aromatic heterocycles. The van der Waals surface area contributed by atoms with Crippen molar-refractivity contribution < 1.29 is 53.4 Å². The first-order chi connectivity index (χ1) is 24.1. The van der Waals surface area contributed by atoms with Gasteiger partial charge in [-0.1, -0.05) is 29.5 Å². The van der Waals surface area contributed by atoms with Gasteiger partial charge in [0.2, 0.25) is 5.91 Å². The van der Waals surface area contributed by atoms with E-state index in [1.807, 2.05) is 0 Å². The van der Waals surface area contributed by atoms with Crippen LogP contribution in [0.4, 0.5) is 0 Å². The Morgan fingerprint density at radius 1 is 0.840 bits per heavy atom. The second-order valence-electron chi connectivity index (χ2n) is 10.6. The monoisotopic (exact) mass is 694 g/mol. The molecule has 0 unspecified atom stereocenters. The lowest BCUT2D eigenvalue weighted by Gasteiger charge is -2.07. The molecule has 0 fully saturated rings. The summed E-state index contributed by atoms with van der Waals surface area (Å²) in [5.74, 6) is -1.07. The molecule has 4 N–H and O–H groups in total. The Kier molecular flexibility index (Phi) is 16.0. The van der Waals surface area contributed by atoms with Gasteiger partial charge in [-0.05, 0) is 47.5 Å². The molecule has 0 aliphatic carbocycles. The molecule has 0 aliphatic heterocycles. The minimum atomic E-state index is -0.485. The number of ether oxygens (including phenoxy) is 5. The molecule has 3 rings (SSSR count). The average molecular weight is 695 g/mol. The minimum absolute atomic E-state index is 0.0221. The molecule has 0 saturated carbocycles. The van der Waals surface area contributed by atoms with Crippen LogP contribution in [0.15, 0.2) is 66.1 Å². The highest BCUT2D eigenvalue weighted by atomic mass is 16.5. The summed E-state index contributed by atoms with van der Waals surface area (Å²) in [6.07, 6.45) is 7.46. The van der Waals surface area contributed by atoms with E-state index in [1.54, 1.807) is 41.2 Å². The molecule has 50 heavy (non-hydrogen) atoms. The lowest BCUT2D eigenvalue weighted by molar-refractivity contribution is -0.142. The number of nitrogens with one attached hydrogen (secondary N) is 1. The maximum absolute atomic E-state index is 13.4. The number of esters is 1. The largest absolute Gasteiger partial charge is 0.508 e. The standard InChI is InChI=1S/C35H42N4O11/c1-46-32-20-24(6-10-30(32)42)4-8-28(40)27(29(41)9-5-25-7-11-31(43)33(21-25)47-2)22-26-23-39(38-37-26)15-17-50-19-18-49-16-14-36-34(44)12-13-35(45)48-3/h4-11,20-21,23,40,42-43H,12-19,22H2,1-3H3,(H,36,44)/b8-4+,9-5+,28-27-. The topological polar surface area (TPSA) is 201 Å². The number of methoxy groups -OCH3 is 3. The molecule has 0 aliphatic rings. The average Bonchev–Trinajstić information content (AvgIpc) is 3.58. The Labute approximate surface area is 289 Å². The highest BCUT2D eigenvalue weighted by molar-refractivity contribution is 6.07. The van der Waals surface area contributed by atoms with Crippen molar-refractivity contribution in [2.45, 2.75) is 25.8 Å². The molecular formula is C35H42N4O11. The van der Waals surface area contributed by atoms with Gasteiger partial charge in [0, 0.05) is 31.2 Å². The number of benzene rings is 2. The quantitative estimate of drug-likeness (QED) is 0.0417. The maximum Gasteiger partial charge on any atom is 0.306 e. The van der Waals surface area contributed by atoms with Crippen LogP contribution in [-0.4, -0.2) is 102 Å². The van der Waals surface area contributed by atoms with Gasteiger partial charge in [0.15, 0.2) is 28.8 Å². The van der Waals surface area contributed by atoms with Crippen molar-refractivity contribution in [1.29, 1.82) is 0 Å². The SMILES string of the molecule is COC(=O)CCC(=O)NCCOCCOCCn1cc(C/C(C(=O)/C=C/c2ccc(O)c(OC)c2)=C(O)\C=C\c2ccc(O)c(OC)c2)nn1. The molecule has 3 aromatic rings. The van der Waals surface area contributed by atoms with Gasteiger partial charge in [-0.25, -0.2) is 4.68 Å². The van der Waals surface area contributed by atoms with E-state index in [4.69, 9.17) is 18.9 Å². The highest BCUT2D eigenvalue weighted by Crippen LogP contribution is 2.28. The summed E-state index contributed by atoms with van der Waals surface area (Å²) in [5, 5.41) is 41.7. The molecule has 0 saturated heterocycles. The Morgan fingerprint density at radius 3 is 2.08 bits per heavy atom. The fraction of sp³-hybridized carbons (Fsp3) is 0.343. The van der Waals surface area contributed by atoms with Crippen molar-refractivity contribution in [2.75, 3.05) is 54.3 Å². The number of allylic oxidation sites excluding steroid dienone is 3. The zero-order valence-corrected chi connectivity index (χ0v) is 28.2. The molecule has 0 radical (unpaired) electrons. The van der Waals surface area contributed by atoms with E-state index in [0.29, 0.717) is 49.7 Å². The van der Waals surface area contributed by atoms with Crippen molar-refractivity contribution in [3.63, 3.8) is 0 Å². The predicted octanol–water partition coefficient (Wildman–Crippen LogP) is 3.16. The molecule has 1 heterocycles. The minimum Gasteiger partial charge on any atom is -0.508 e. The van der Waals surface area contributed by atoms with E-state index in [9.17, 15) is 29.7 Å². The number of aliphatic hydroxyl groups excluding tert-OH is 1. The maximum atomic E-state index is 13.4. The fourth-order valence-corrected chi connectivity index (χ4v) is 4.31. The van der Waals surface area contributed by atoms with E-state index >= 15 is 0 Å². The van der Waals surface area contributed by atoms with Crippen LogP contribution in [0.5, 0.6) is 23.0 Å². The normalized spacial score (nSPS) is 11.8. The van der Waals surface area contributed by atoms with E-state index < -0.39 is 11.8 Å². The number of carbonyl (C=O) groups is 3. The Balaban J connectivity index is 1.57.